The molecule has 2 N–H and O–H groups in total. The molecule has 0 aliphatic carbocycles. The van der Waals surface area contributed by atoms with E-state index in [1.54, 1.807) is 14.2 Å². The fourth-order valence-corrected chi connectivity index (χ4v) is 2.38. The number of para-hydroxylation sites is 1. The summed E-state index contributed by atoms with van der Waals surface area (Å²) >= 11 is 0. The van der Waals surface area contributed by atoms with Crippen molar-refractivity contribution >= 4 is 11.6 Å². The number of hydrogen-bond acceptors (Lipinski definition) is 4. The van der Waals surface area contributed by atoms with Crippen LogP contribution in [0.15, 0.2) is 24.3 Å². The molecular formula is C15H22N2O3. The predicted molar refractivity (Wildman–Crippen MR) is 77.9 cm³/mol. The van der Waals surface area contributed by atoms with Crippen molar-refractivity contribution in [3.05, 3.63) is 29.8 Å². The van der Waals surface area contributed by atoms with E-state index in [9.17, 15) is 4.79 Å². The number of ether oxygens (including phenoxy) is 2. The van der Waals surface area contributed by atoms with E-state index in [-0.39, 0.29) is 18.1 Å². The fourth-order valence-electron chi connectivity index (χ4n) is 2.38. The first-order valence-electron chi connectivity index (χ1n) is 6.88. The van der Waals surface area contributed by atoms with Gasteiger partial charge in [-0.25, -0.2) is 0 Å². The zero-order valence-corrected chi connectivity index (χ0v) is 12.0. The van der Waals surface area contributed by atoms with Crippen molar-refractivity contribution in [1.29, 1.82) is 0 Å². The Hall–Kier alpha value is -1.43. The van der Waals surface area contributed by atoms with Crippen LogP contribution >= 0.6 is 0 Å². The van der Waals surface area contributed by atoms with Crippen molar-refractivity contribution in [1.82, 2.24) is 5.32 Å². The first-order chi connectivity index (χ1) is 9.74. The molecule has 0 spiro atoms. The van der Waals surface area contributed by atoms with Crippen molar-refractivity contribution in [3.8, 4) is 0 Å². The van der Waals surface area contributed by atoms with Crippen molar-refractivity contribution in [3.63, 3.8) is 0 Å². The summed E-state index contributed by atoms with van der Waals surface area (Å²) in [6.07, 6.45) is 1.62. The number of anilines is 1. The SMILES string of the molecule is COCC(CNC1CCc2ccccc2NC1=O)OC. The van der Waals surface area contributed by atoms with Crippen LogP contribution in [-0.2, 0) is 20.7 Å². The van der Waals surface area contributed by atoms with E-state index in [0.29, 0.717) is 13.2 Å². The Kier molecular flexibility index (Phi) is 5.52. The lowest BCUT2D eigenvalue weighted by Crippen LogP contribution is -2.44. The van der Waals surface area contributed by atoms with E-state index in [1.807, 2.05) is 18.2 Å². The molecule has 0 fully saturated rings. The molecule has 0 saturated heterocycles. The van der Waals surface area contributed by atoms with Gasteiger partial charge in [-0.3, -0.25) is 4.79 Å². The summed E-state index contributed by atoms with van der Waals surface area (Å²) < 4.78 is 10.4. The van der Waals surface area contributed by atoms with Crippen LogP contribution in [-0.4, -0.2) is 45.4 Å². The Morgan fingerprint density at radius 3 is 2.95 bits per heavy atom. The second-order valence-corrected chi connectivity index (χ2v) is 4.96. The number of aryl methyl sites for hydroxylation is 1. The van der Waals surface area contributed by atoms with Gasteiger partial charge in [0.25, 0.3) is 0 Å². The lowest BCUT2D eigenvalue weighted by Gasteiger charge is -2.20. The second-order valence-electron chi connectivity index (χ2n) is 4.96. The van der Waals surface area contributed by atoms with E-state index >= 15 is 0 Å². The van der Waals surface area contributed by atoms with Crippen molar-refractivity contribution in [2.75, 3.05) is 32.7 Å². The first kappa shape index (κ1) is 15.0. The third-order valence-corrected chi connectivity index (χ3v) is 3.57. The van der Waals surface area contributed by atoms with Gasteiger partial charge in [-0.15, -0.1) is 0 Å². The molecule has 1 heterocycles. The fraction of sp³-hybridized carbons (Fsp3) is 0.533. The zero-order valence-electron chi connectivity index (χ0n) is 12.0. The third-order valence-electron chi connectivity index (χ3n) is 3.57. The van der Waals surface area contributed by atoms with Gasteiger partial charge < -0.3 is 20.1 Å². The molecular weight excluding hydrogens is 256 g/mol. The van der Waals surface area contributed by atoms with Gasteiger partial charge in [0, 0.05) is 26.5 Å². The molecule has 5 nitrogen and oxygen atoms in total. The van der Waals surface area contributed by atoms with E-state index in [2.05, 4.69) is 16.7 Å². The summed E-state index contributed by atoms with van der Waals surface area (Å²) in [5.74, 6) is 0.0159. The van der Waals surface area contributed by atoms with Gasteiger partial charge in [0.15, 0.2) is 0 Å². The highest BCUT2D eigenvalue weighted by Gasteiger charge is 2.23. The first-order valence-corrected chi connectivity index (χ1v) is 6.88. The molecule has 0 aromatic heterocycles. The van der Waals surface area contributed by atoms with E-state index < -0.39 is 0 Å². The lowest BCUT2D eigenvalue weighted by molar-refractivity contribution is -0.118. The summed E-state index contributed by atoms with van der Waals surface area (Å²) in [5.41, 5.74) is 2.10. The number of amides is 1. The molecule has 1 aromatic rings. The Balaban J connectivity index is 1.93. The average Bonchev–Trinajstić information content (AvgIpc) is 2.62. The Bertz CT molecular complexity index is 450. The minimum absolute atomic E-state index is 0.0159. The second kappa shape index (κ2) is 7.38. The summed E-state index contributed by atoms with van der Waals surface area (Å²) in [5, 5.41) is 6.24. The maximum Gasteiger partial charge on any atom is 0.241 e. The number of hydrogen-bond donors (Lipinski definition) is 2. The summed E-state index contributed by atoms with van der Waals surface area (Å²) in [4.78, 5) is 12.2. The molecule has 1 amide bonds. The summed E-state index contributed by atoms with van der Waals surface area (Å²) in [6, 6.07) is 7.74. The van der Waals surface area contributed by atoms with Crippen LogP contribution in [0.2, 0.25) is 0 Å². The Morgan fingerprint density at radius 2 is 2.20 bits per heavy atom. The topological polar surface area (TPSA) is 59.6 Å². The largest absolute Gasteiger partial charge is 0.382 e. The Morgan fingerprint density at radius 1 is 1.40 bits per heavy atom. The highest BCUT2D eigenvalue weighted by atomic mass is 16.5. The number of fused-ring (bicyclic) bond motifs is 1. The van der Waals surface area contributed by atoms with Crippen LogP contribution in [0, 0.1) is 0 Å². The highest BCUT2D eigenvalue weighted by molar-refractivity contribution is 5.96. The molecule has 110 valence electrons. The molecule has 1 aromatic carbocycles. The van der Waals surface area contributed by atoms with E-state index in [0.717, 1.165) is 18.5 Å². The molecule has 1 aliphatic rings. The maximum absolute atomic E-state index is 12.2. The minimum Gasteiger partial charge on any atom is -0.382 e. The predicted octanol–water partition coefficient (Wildman–Crippen LogP) is 1.19. The lowest BCUT2D eigenvalue weighted by atomic mass is 10.1. The standard InChI is InChI=1S/C15H22N2O3/c1-19-10-12(20-2)9-16-14-8-7-11-5-3-4-6-13(11)17-15(14)18/h3-6,12,14,16H,7-10H2,1-2H3,(H,17,18). The van der Waals surface area contributed by atoms with Crippen LogP contribution < -0.4 is 10.6 Å². The molecule has 1 aliphatic heterocycles. The molecule has 0 radical (unpaired) electrons. The number of rotatable bonds is 6. The van der Waals surface area contributed by atoms with Gasteiger partial charge in [0.05, 0.1) is 18.8 Å². The van der Waals surface area contributed by atoms with Crippen molar-refractivity contribution in [2.24, 2.45) is 0 Å². The molecule has 2 atom stereocenters. The van der Waals surface area contributed by atoms with Crippen LogP contribution in [0.5, 0.6) is 0 Å². The monoisotopic (exact) mass is 278 g/mol. The van der Waals surface area contributed by atoms with Crippen LogP contribution in [0.3, 0.4) is 0 Å². The number of carbonyl (C=O) groups excluding carboxylic acids is 1. The van der Waals surface area contributed by atoms with Gasteiger partial charge in [-0.05, 0) is 24.5 Å². The molecule has 5 heteroatoms. The van der Waals surface area contributed by atoms with Gasteiger partial charge in [-0.2, -0.15) is 0 Å². The Labute approximate surface area is 119 Å². The molecule has 2 unspecified atom stereocenters. The number of carbonyl (C=O) groups is 1. The molecule has 20 heavy (non-hydrogen) atoms. The van der Waals surface area contributed by atoms with Gasteiger partial charge in [0.2, 0.25) is 5.91 Å². The van der Waals surface area contributed by atoms with Crippen molar-refractivity contribution < 1.29 is 14.3 Å². The van der Waals surface area contributed by atoms with Crippen LogP contribution in [0.1, 0.15) is 12.0 Å². The minimum atomic E-state index is -0.197. The van der Waals surface area contributed by atoms with Crippen molar-refractivity contribution in [2.45, 2.75) is 25.0 Å². The number of benzene rings is 1. The smallest absolute Gasteiger partial charge is 0.241 e. The number of nitrogens with one attached hydrogen (secondary N) is 2. The summed E-state index contributed by atoms with van der Waals surface area (Å²) in [7, 11) is 3.29. The van der Waals surface area contributed by atoms with E-state index in [4.69, 9.17) is 9.47 Å². The highest BCUT2D eigenvalue weighted by Crippen LogP contribution is 2.21. The maximum atomic E-state index is 12.2. The van der Waals surface area contributed by atoms with Gasteiger partial charge in [0.1, 0.15) is 0 Å². The molecule has 2 rings (SSSR count). The summed E-state index contributed by atoms with van der Waals surface area (Å²) in [6.45, 7) is 1.11. The molecule has 0 saturated carbocycles. The van der Waals surface area contributed by atoms with E-state index in [1.165, 1.54) is 5.56 Å². The average molecular weight is 278 g/mol. The van der Waals surface area contributed by atoms with Gasteiger partial charge >= 0.3 is 0 Å². The molecule has 0 bridgehead atoms. The normalized spacial score (nSPS) is 19.9. The number of methoxy groups -OCH3 is 2. The van der Waals surface area contributed by atoms with Gasteiger partial charge in [-0.1, -0.05) is 18.2 Å². The third kappa shape index (κ3) is 3.79. The quantitative estimate of drug-likeness (QED) is 0.820. The van der Waals surface area contributed by atoms with Crippen LogP contribution in [0.4, 0.5) is 5.69 Å². The van der Waals surface area contributed by atoms with Crippen LogP contribution in [0.25, 0.3) is 0 Å². The zero-order chi connectivity index (χ0) is 14.4.